The highest BCUT2D eigenvalue weighted by Crippen LogP contribution is 2.11. The van der Waals surface area contributed by atoms with Crippen LogP contribution >= 0.6 is 24.0 Å². The van der Waals surface area contributed by atoms with Crippen molar-refractivity contribution in [3.05, 3.63) is 35.4 Å². The summed E-state index contributed by atoms with van der Waals surface area (Å²) < 4.78 is 49.3. The van der Waals surface area contributed by atoms with Crippen LogP contribution in [0.15, 0.2) is 23.2 Å². The minimum absolute atomic E-state index is 0. The Bertz CT molecular complexity index is 668. The quantitative estimate of drug-likeness (QED) is 0.407. The lowest BCUT2D eigenvalue weighted by Crippen LogP contribution is -2.44. The third kappa shape index (κ3) is 6.21. The standard InChI is InChI=1S/C14H19F2N3O2S.HI/c1-17-14(19-12-5-7-22(20,21)9-12)18-6-4-10-8-11(15)2-3-13(10)16;/h2-3,8,12H,4-7,9H2,1H3,(H2,17,18,19);1H. The zero-order valence-electron chi connectivity index (χ0n) is 12.7. The molecule has 1 heterocycles. The Morgan fingerprint density at radius 2 is 2.13 bits per heavy atom. The molecule has 1 aliphatic heterocycles. The normalized spacial score (nSPS) is 20.0. The van der Waals surface area contributed by atoms with Crippen molar-refractivity contribution in [2.75, 3.05) is 25.1 Å². The number of aliphatic imine (C=N–C) groups is 1. The summed E-state index contributed by atoms with van der Waals surface area (Å²) in [4.78, 5) is 4.00. The summed E-state index contributed by atoms with van der Waals surface area (Å²) in [6.07, 6.45) is 0.842. The second-order valence-corrected chi connectivity index (χ2v) is 7.46. The Balaban J connectivity index is 0.00000264. The van der Waals surface area contributed by atoms with Crippen LogP contribution in [0, 0.1) is 11.6 Å². The highest BCUT2D eigenvalue weighted by molar-refractivity contribution is 14.0. The van der Waals surface area contributed by atoms with Crippen LogP contribution in [0.2, 0.25) is 0 Å². The summed E-state index contributed by atoms with van der Waals surface area (Å²) in [7, 11) is -1.39. The van der Waals surface area contributed by atoms with Crippen LogP contribution in [0.5, 0.6) is 0 Å². The molecule has 1 aliphatic rings. The average molecular weight is 459 g/mol. The Labute approximate surface area is 151 Å². The fraction of sp³-hybridized carbons (Fsp3) is 0.500. The van der Waals surface area contributed by atoms with Crippen molar-refractivity contribution in [3.63, 3.8) is 0 Å². The van der Waals surface area contributed by atoms with Crippen molar-refractivity contribution >= 4 is 39.8 Å². The fourth-order valence-electron chi connectivity index (χ4n) is 2.35. The number of guanidine groups is 1. The van der Waals surface area contributed by atoms with Crippen molar-refractivity contribution in [2.45, 2.75) is 18.9 Å². The van der Waals surface area contributed by atoms with Gasteiger partial charge in [-0.25, -0.2) is 17.2 Å². The SMILES string of the molecule is CN=C(NCCc1cc(F)ccc1F)NC1CCS(=O)(=O)C1.I. The number of nitrogens with zero attached hydrogens (tertiary/aromatic N) is 1. The van der Waals surface area contributed by atoms with E-state index >= 15 is 0 Å². The molecule has 1 saturated heterocycles. The molecule has 0 spiro atoms. The van der Waals surface area contributed by atoms with E-state index in [2.05, 4.69) is 15.6 Å². The van der Waals surface area contributed by atoms with Crippen molar-refractivity contribution in [1.82, 2.24) is 10.6 Å². The maximum absolute atomic E-state index is 13.5. The van der Waals surface area contributed by atoms with Gasteiger partial charge >= 0.3 is 0 Å². The molecule has 23 heavy (non-hydrogen) atoms. The van der Waals surface area contributed by atoms with Crippen LogP contribution in [-0.2, 0) is 16.3 Å². The van der Waals surface area contributed by atoms with E-state index in [0.717, 1.165) is 18.2 Å². The molecule has 0 amide bonds. The van der Waals surface area contributed by atoms with Gasteiger partial charge in [0.25, 0.3) is 0 Å². The molecule has 0 aromatic heterocycles. The first-order valence-electron chi connectivity index (χ1n) is 7.01. The smallest absolute Gasteiger partial charge is 0.191 e. The van der Waals surface area contributed by atoms with E-state index in [1.54, 1.807) is 7.05 Å². The Morgan fingerprint density at radius 1 is 1.39 bits per heavy atom. The predicted octanol–water partition coefficient (Wildman–Crippen LogP) is 1.48. The van der Waals surface area contributed by atoms with Gasteiger partial charge in [-0.05, 0) is 36.6 Å². The monoisotopic (exact) mass is 459 g/mol. The van der Waals surface area contributed by atoms with E-state index < -0.39 is 21.5 Å². The second kappa shape index (κ2) is 8.76. The van der Waals surface area contributed by atoms with Crippen molar-refractivity contribution < 1.29 is 17.2 Å². The number of nitrogens with one attached hydrogen (secondary N) is 2. The molecule has 0 aliphatic carbocycles. The molecule has 2 N–H and O–H groups in total. The fourth-order valence-corrected chi connectivity index (χ4v) is 4.02. The number of hydrogen-bond acceptors (Lipinski definition) is 3. The molecule has 0 radical (unpaired) electrons. The number of rotatable bonds is 4. The molecule has 1 unspecified atom stereocenters. The van der Waals surface area contributed by atoms with E-state index in [0.29, 0.717) is 25.3 Å². The molecule has 130 valence electrons. The van der Waals surface area contributed by atoms with Gasteiger partial charge in [0.05, 0.1) is 11.5 Å². The summed E-state index contributed by atoms with van der Waals surface area (Å²) >= 11 is 0. The van der Waals surface area contributed by atoms with E-state index in [1.807, 2.05) is 0 Å². The van der Waals surface area contributed by atoms with Crippen molar-refractivity contribution in [1.29, 1.82) is 0 Å². The van der Waals surface area contributed by atoms with Gasteiger partial charge in [0.15, 0.2) is 15.8 Å². The molecule has 9 heteroatoms. The first-order chi connectivity index (χ1) is 10.4. The van der Waals surface area contributed by atoms with Gasteiger partial charge in [-0.2, -0.15) is 0 Å². The van der Waals surface area contributed by atoms with E-state index in [-0.39, 0.29) is 47.1 Å². The molecule has 2 rings (SSSR count). The van der Waals surface area contributed by atoms with Crippen LogP contribution in [0.4, 0.5) is 8.78 Å². The highest BCUT2D eigenvalue weighted by Gasteiger charge is 2.28. The average Bonchev–Trinajstić information content (AvgIpc) is 2.80. The Kier molecular flexibility index (Phi) is 7.65. The maximum Gasteiger partial charge on any atom is 0.191 e. The lowest BCUT2D eigenvalue weighted by molar-refractivity contribution is 0.582. The zero-order chi connectivity index (χ0) is 16.2. The van der Waals surface area contributed by atoms with E-state index in [4.69, 9.17) is 0 Å². The van der Waals surface area contributed by atoms with Crippen LogP contribution in [0.3, 0.4) is 0 Å². The molecular formula is C14H20F2IN3O2S. The summed E-state index contributed by atoms with van der Waals surface area (Å²) in [6.45, 7) is 0.361. The summed E-state index contributed by atoms with van der Waals surface area (Å²) in [6, 6.07) is 3.17. The Morgan fingerprint density at radius 3 is 2.74 bits per heavy atom. The van der Waals surface area contributed by atoms with Gasteiger partial charge in [0.1, 0.15) is 11.6 Å². The molecule has 1 aromatic carbocycles. The van der Waals surface area contributed by atoms with Crippen LogP contribution in [0.1, 0.15) is 12.0 Å². The first-order valence-corrected chi connectivity index (χ1v) is 8.83. The minimum atomic E-state index is -2.96. The van der Waals surface area contributed by atoms with Gasteiger partial charge in [0.2, 0.25) is 0 Å². The lowest BCUT2D eigenvalue weighted by atomic mass is 10.1. The van der Waals surface area contributed by atoms with Gasteiger partial charge in [-0.1, -0.05) is 0 Å². The largest absolute Gasteiger partial charge is 0.356 e. The van der Waals surface area contributed by atoms with E-state index in [9.17, 15) is 17.2 Å². The molecule has 1 aromatic rings. The van der Waals surface area contributed by atoms with Crippen LogP contribution in [-0.4, -0.2) is 45.5 Å². The molecule has 0 bridgehead atoms. The summed E-state index contributed by atoms with van der Waals surface area (Å²) in [5, 5.41) is 6.00. The maximum atomic E-state index is 13.5. The number of sulfone groups is 1. The molecular weight excluding hydrogens is 439 g/mol. The predicted molar refractivity (Wildman–Crippen MR) is 97.0 cm³/mol. The van der Waals surface area contributed by atoms with Gasteiger partial charge in [-0.3, -0.25) is 4.99 Å². The lowest BCUT2D eigenvalue weighted by Gasteiger charge is -2.16. The topological polar surface area (TPSA) is 70.6 Å². The van der Waals surface area contributed by atoms with Gasteiger partial charge in [-0.15, -0.1) is 24.0 Å². The first kappa shape index (κ1) is 20.1. The highest BCUT2D eigenvalue weighted by atomic mass is 127. The molecule has 5 nitrogen and oxygen atoms in total. The third-order valence-electron chi connectivity index (χ3n) is 3.49. The van der Waals surface area contributed by atoms with Crippen LogP contribution in [0.25, 0.3) is 0 Å². The third-order valence-corrected chi connectivity index (χ3v) is 5.26. The second-order valence-electron chi connectivity index (χ2n) is 5.23. The van der Waals surface area contributed by atoms with Gasteiger partial charge < -0.3 is 10.6 Å². The Hall–Kier alpha value is -0.970. The van der Waals surface area contributed by atoms with Crippen molar-refractivity contribution in [3.8, 4) is 0 Å². The molecule has 1 fully saturated rings. The number of benzene rings is 1. The van der Waals surface area contributed by atoms with Gasteiger partial charge in [0, 0.05) is 19.6 Å². The number of hydrogen-bond donors (Lipinski definition) is 2. The number of halogens is 3. The van der Waals surface area contributed by atoms with Crippen LogP contribution < -0.4 is 10.6 Å². The summed E-state index contributed by atoms with van der Waals surface area (Å²) in [5.41, 5.74) is 0.284. The molecule has 0 saturated carbocycles. The minimum Gasteiger partial charge on any atom is -0.356 e. The van der Waals surface area contributed by atoms with Crippen molar-refractivity contribution in [2.24, 2.45) is 4.99 Å². The zero-order valence-corrected chi connectivity index (χ0v) is 15.8. The summed E-state index contributed by atoms with van der Waals surface area (Å²) in [5.74, 6) is -0.204. The van der Waals surface area contributed by atoms with E-state index in [1.165, 1.54) is 0 Å². The molecule has 1 atom stereocenters.